The molecule has 0 radical (unpaired) electrons. The molecule has 0 amide bonds. The second-order valence-electron chi connectivity index (χ2n) is 4.24. The highest BCUT2D eigenvalue weighted by atomic mass is 16.3. The molecular weight excluding hydrogens is 188 g/mol. The summed E-state index contributed by atoms with van der Waals surface area (Å²) in [5, 5.41) is 0. The molecule has 1 atom stereocenters. The van der Waals surface area contributed by atoms with Crippen LogP contribution in [0.1, 0.15) is 38.3 Å². The fourth-order valence-electron chi connectivity index (χ4n) is 2.36. The zero-order chi connectivity index (χ0) is 11.5. The second-order valence-corrected chi connectivity index (χ2v) is 4.24. The van der Waals surface area contributed by atoms with Crippen molar-refractivity contribution in [1.82, 2.24) is 4.90 Å². The van der Waals surface area contributed by atoms with Gasteiger partial charge in [0.1, 0.15) is 0 Å². The minimum atomic E-state index is 0.00116. The Hall–Kier alpha value is -0.800. The Kier molecular flexibility index (Phi) is 3.94. The normalized spacial score (nSPS) is 14.5. The number of likely N-dealkylation sites (N-methyl/N-ethyl adjacent to an activating group) is 1. The van der Waals surface area contributed by atoms with E-state index in [9.17, 15) is 0 Å². The van der Waals surface area contributed by atoms with Gasteiger partial charge in [0.25, 0.3) is 0 Å². The topological polar surface area (TPSA) is 42.4 Å². The fraction of sp³-hybridized carbons (Fsp3) is 0.667. The third-order valence-electron chi connectivity index (χ3n) is 3.60. The van der Waals surface area contributed by atoms with Crippen molar-refractivity contribution in [2.24, 2.45) is 5.73 Å². The molecule has 0 fully saturated rings. The molecule has 1 aromatic rings. The number of furan rings is 1. The zero-order valence-corrected chi connectivity index (χ0v) is 10.2. The SMILES string of the molecule is CCC(CC)(C(N)c1ccoc1)N(C)C. The van der Waals surface area contributed by atoms with Gasteiger partial charge in [-0.3, -0.25) is 0 Å². The molecular formula is C12H22N2O. The van der Waals surface area contributed by atoms with Crippen LogP contribution < -0.4 is 5.73 Å². The maximum absolute atomic E-state index is 6.34. The van der Waals surface area contributed by atoms with Gasteiger partial charge >= 0.3 is 0 Å². The van der Waals surface area contributed by atoms with Gasteiger partial charge in [-0.2, -0.15) is 0 Å². The highest BCUT2D eigenvalue weighted by Gasteiger charge is 2.36. The van der Waals surface area contributed by atoms with Crippen molar-refractivity contribution in [2.75, 3.05) is 14.1 Å². The molecule has 0 bridgehead atoms. The molecule has 1 unspecified atom stereocenters. The Balaban J connectivity index is 2.99. The van der Waals surface area contributed by atoms with E-state index in [-0.39, 0.29) is 11.6 Å². The van der Waals surface area contributed by atoms with Gasteiger partial charge in [-0.25, -0.2) is 0 Å². The van der Waals surface area contributed by atoms with E-state index < -0.39 is 0 Å². The molecule has 0 spiro atoms. The van der Waals surface area contributed by atoms with Crippen LogP contribution in [0.4, 0.5) is 0 Å². The number of nitrogens with two attached hydrogens (primary N) is 1. The highest BCUT2D eigenvalue weighted by molar-refractivity contribution is 5.17. The summed E-state index contributed by atoms with van der Waals surface area (Å²) in [4.78, 5) is 2.23. The molecule has 1 rings (SSSR count). The van der Waals surface area contributed by atoms with Crippen LogP contribution in [-0.2, 0) is 0 Å². The summed E-state index contributed by atoms with van der Waals surface area (Å²) >= 11 is 0. The summed E-state index contributed by atoms with van der Waals surface area (Å²) in [5.74, 6) is 0. The Morgan fingerprint density at radius 1 is 1.40 bits per heavy atom. The average molecular weight is 210 g/mol. The van der Waals surface area contributed by atoms with Gasteiger partial charge in [0, 0.05) is 11.1 Å². The molecule has 0 saturated heterocycles. The van der Waals surface area contributed by atoms with E-state index in [4.69, 9.17) is 10.2 Å². The number of rotatable bonds is 5. The quantitative estimate of drug-likeness (QED) is 0.811. The Bertz CT molecular complexity index is 276. The molecule has 3 nitrogen and oxygen atoms in total. The lowest BCUT2D eigenvalue weighted by molar-refractivity contribution is 0.105. The summed E-state index contributed by atoms with van der Waals surface area (Å²) < 4.78 is 5.10. The van der Waals surface area contributed by atoms with Gasteiger partial charge in [0.2, 0.25) is 0 Å². The van der Waals surface area contributed by atoms with Crippen molar-refractivity contribution in [3.63, 3.8) is 0 Å². The summed E-state index contributed by atoms with van der Waals surface area (Å²) in [7, 11) is 4.18. The van der Waals surface area contributed by atoms with Gasteiger partial charge in [-0.1, -0.05) is 13.8 Å². The van der Waals surface area contributed by atoms with Gasteiger partial charge in [0.05, 0.1) is 18.6 Å². The van der Waals surface area contributed by atoms with Crippen LogP contribution >= 0.6 is 0 Å². The number of hydrogen-bond donors (Lipinski definition) is 1. The van der Waals surface area contributed by atoms with Crippen LogP contribution in [0.3, 0.4) is 0 Å². The van der Waals surface area contributed by atoms with Crippen molar-refractivity contribution < 1.29 is 4.42 Å². The summed E-state index contributed by atoms with van der Waals surface area (Å²) in [5.41, 5.74) is 7.43. The summed E-state index contributed by atoms with van der Waals surface area (Å²) in [6.45, 7) is 4.37. The first-order valence-corrected chi connectivity index (χ1v) is 5.53. The van der Waals surface area contributed by atoms with Crippen LogP contribution in [0.2, 0.25) is 0 Å². The van der Waals surface area contributed by atoms with Crippen molar-refractivity contribution >= 4 is 0 Å². The average Bonchev–Trinajstić information content (AvgIpc) is 2.72. The first kappa shape index (κ1) is 12.3. The van der Waals surface area contributed by atoms with Crippen LogP contribution in [-0.4, -0.2) is 24.5 Å². The van der Waals surface area contributed by atoms with E-state index in [1.165, 1.54) is 0 Å². The molecule has 0 aliphatic rings. The van der Waals surface area contributed by atoms with Gasteiger partial charge in [0.15, 0.2) is 0 Å². The smallest absolute Gasteiger partial charge is 0.0951 e. The second kappa shape index (κ2) is 4.81. The van der Waals surface area contributed by atoms with E-state index >= 15 is 0 Å². The third-order valence-corrected chi connectivity index (χ3v) is 3.60. The van der Waals surface area contributed by atoms with Gasteiger partial charge < -0.3 is 15.1 Å². The fourth-order valence-corrected chi connectivity index (χ4v) is 2.36. The number of nitrogens with zero attached hydrogens (tertiary/aromatic N) is 1. The van der Waals surface area contributed by atoms with E-state index in [0.29, 0.717) is 0 Å². The largest absolute Gasteiger partial charge is 0.472 e. The molecule has 86 valence electrons. The highest BCUT2D eigenvalue weighted by Crippen LogP contribution is 2.34. The maximum Gasteiger partial charge on any atom is 0.0951 e. The predicted octanol–water partition coefficient (Wildman–Crippen LogP) is 2.40. The Labute approximate surface area is 92.2 Å². The molecule has 1 aromatic heterocycles. The Morgan fingerprint density at radius 2 is 2.00 bits per heavy atom. The minimum absolute atomic E-state index is 0.00116. The lowest BCUT2D eigenvalue weighted by Gasteiger charge is -2.43. The third kappa shape index (κ3) is 2.08. The first-order valence-electron chi connectivity index (χ1n) is 5.53. The van der Waals surface area contributed by atoms with E-state index in [1.807, 2.05) is 6.07 Å². The monoisotopic (exact) mass is 210 g/mol. The molecule has 0 aliphatic heterocycles. The standard InChI is InChI=1S/C12H22N2O/c1-5-12(6-2,14(3)4)11(13)10-7-8-15-9-10/h7-9,11H,5-6,13H2,1-4H3. The van der Waals surface area contributed by atoms with Gasteiger partial charge in [-0.05, 0) is 33.0 Å². The molecule has 0 saturated carbocycles. The van der Waals surface area contributed by atoms with Crippen molar-refractivity contribution in [2.45, 2.75) is 38.3 Å². The first-order chi connectivity index (χ1) is 7.08. The van der Waals surface area contributed by atoms with E-state index in [1.54, 1.807) is 12.5 Å². The molecule has 0 aromatic carbocycles. The summed E-state index contributed by atoms with van der Waals surface area (Å²) in [6, 6.07) is 1.95. The lowest BCUT2D eigenvalue weighted by atomic mass is 9.81. The summed E-state index contributed by atoms with van der Waals surface area (Å²) in [6.07, 6.45) is 5.49. The number of hydrogen-bond acceptors (Lipinski definition) is 3. The maximum atomic E-state index is 6.34. The molecule has 0 aliphatic carbocycles. The van der Waals surface area contributed by atoms with Crippen molar-refractivity contribution in [3.8, 4) is 0 Å². The van der Waals surface area contributed by atoms with Crippen LogP contribution in [0.5, 0.6) is 0 Å². The molecule has 3 heteroatoms. The van der Waals surface area contributed by atoms with E-state index in [2.05, 4.69) is 32.8 Å². The van der Waals surface area contributed by atoms with Gasteiger partial charge in [-0.15, -0.1) is 0 Å². The Morgan fingerprint density at radius 3 is 2.33 bits per heavy atom. The van der Waals surface area contributed by atoms with Crippen molar-refractivity contribution in [1.29, 1.82) is 0 Å². The van der Waals surface area contributed by atoms with Crippen LogP contribution in [0, 0.1) is 0 Å². The van der Waals surface area contributed by atoms with Crippen molar-refractivity contribution in [3.05, 3.63) is 24.2 Å². The van der Waals surface area contributed by atoms with E-state index in [0.717, 1.165) is 18.4 Å². The van der Waals surface area contributed by atoms with Crippen LogP contribution in [0.25, 0.3) is 0 Å². The predicted molar refractivity (Wildman–Crippen MR) is 62.6 cm³/mol. The molecule has 1 heterocycles. The molecule has 15 heavy (non-hydrogen) atoms. The zero-order valence-electron chi connectivity index (χ0n) is 10.2. The minimum Gasteiger partial charge on any atom is -0.472 e. The lowest BCUT2D eigenvalue weighted by Crippen LogP contribution is -2.51. The van der Waals surface area contributed by atoms with Crippen LogP contribution in [0.15, 0.2) is 23.0 Å². The molecule has 2 N–H and O–H groups in total.